The number of carbonyl (C=O) groups is 2. The minimum absolute atomic E-state index is 0.0116. The Labute approximate surface area is 269 Å². The van der Waals surface area contributed by atoms with Crippen LogP contribution in [0.15, 0.2) is 58.6 Å². The molecule has 2 aliphatic heterocycles. The lowest BCUT2D eigenvalue weighted by Crippen LogP contribution is -2.51. The van der Waals surface area contributed by atoms with E-state index in [4.69, 9.17) is 34.6 Å². The Balaban J connectivity index is 1.72. The molecule has 0 spiro atoms. The average Bonchev–Trinajstić information content (AvgIpc) is 3.44. The first-order valence-corrected chi connectivity index (χ1v) is 15.6. The van der Waals surface area contributed by atoms with Gasteiger partial charge in [-0.1, -0.05) is 29.4 Å². The van der Waals surface area contributed by atoms with Crippen molar-refractivity contribution in [2.24, 2.45) is 10.1 Å². The van der Waals surface area contributed by atoms with Crippen LogP contribution < -0.4 is 10.1 Å². The molecule has 4 rings (SSSR count). The maximum absolute atomic E-state index is 14.4. The number of amides is 1. The van der Waals surface area contributed by atoms with Gasteiger partial charge in [-0.15, -0.1) is 0 Å². The zero-order valence-corrected chi connectivity index (χ0v) is 26.8. The Bertz CT molecular complexity index is 1400. The molecule has 46 heavy (non-hydrogen) atoms. The summed E-state index contributed by atoms with van der Waals surface area (Å²) in [7, 11) is 0. The standard InChI is InChI=1S/C33H44N6O7/c1-32(2,3)46-28(41)13-14-33(31(42)35-15-16-39-17-21-43-22-18-39)29(27-8-5-4-7-25(27)23-36-38-34)45-30(37-33)24-9-11-26(12-10-24)44-20-6-19-40/h4-5,7-12,29,40H,6,13-23H2,1-3H3,(H,35,42)/t29-,33-/m0/s1. The fourth-order valence-corrected chi connectivity index (χ4v) is 5.38. The zero-order chi connectivity index (χ0) is 33.0. The topological polar surface area (TPSA) is 168 Å². The maximum atomic E-state index is 14.4. The zero-order valence-electron chi connectivity index (χ0n) is 26.8. The molecule has 13 nitrogen and oxygen atoms in total. The third-order valence-electron chi connectivity index (χ3n) is 7.62. The highest BCUT2D eigenvalue weighted by molar-refractivity contribution is 6.01. The third-order valence-corrected chi connectivity index (χ3v) is 7.62. The Kier molecular flexibility index (Phi) is 12.4. The van der Waals surface area contributed by atoms with Crippen molar-refractivity contribution < 1.29 is 33.6 Å². The summed E-state index contributed by atoms with van der Waals surface area (Å²) in [4.78, 5) is 37.5. The summed E-state index contributed by atoms with van der Waals surface area (Å²) in [5, 5.41) is 15.9. The molecule has 2 atom stereocenters. The van der Waals surface area contributed by atoms with Gasteiger partial charge in [0.15, 0.2) is 11.6 Å². The largest absolute Gasteiger partial charge is 0.494 e. The fraction of sp³-hybridized carbons (Fsp3) is 0.545. The van der Waals surface area contributed by atoms with E-state index in [-0.39, 0.29) is 37.8 Å². The van der Waals surface area contributed by atoms with Crippen LogP contribution in [0, 0.1) is 0 Å². The van der Waals surface area contributed by atoms with Crippen LogP contribution in [0.3, 0.4) is 0 Å². The van der Waals surface area contributed by atoms with E-state index < -0.39 is 23.2 Å². The van der Waals surface area contributed by atoms with Crippen LogP contribution >= 0.6 is 0 Å². The molecule has 0 saturated carbocycles. The molecule has 0 aromatic heterocycles. The van der Waals surface area contributed by atoms with Crippen molar-refractivity contribution in [2.75, 3.05) is 52.6 Å². The lowest BCUT2D eigenvalue weighted by atomic mass is 9.81. The quantitative estimate of drug-likeness (QED) is 0.0969. The molecule has 13 heteroatoms. The monoisotopic (exact) mass is 636 g/mol. The van der Waals surface area contributed by atoms with Gasteiger partial charge in [0.2, 0.25) is 5.90 Å². The Morgan fingerprint density at radius 2 is 1.91 bits per heavy atom. The average molecular weight is 637 g/mol. The van der Waals surface area contributed by atoms with Crippen molar-refractivity contribution in [1.29, 1.82) is 0 Å². The summed E-state index contributed by atoms with van der Waals surface area (Å²) in [5.74, 6) is 0.0103. The fourth-order valence-electron chi connectivity index (χ4n) is 5.38. The second kappa shape index (κ2) is 16.4. The van der Waals surface area contributed by atoms with E-state index in [9.17, 15) is 9.59 Å². The number of benzene rings is 2. The van der Waals surface area contributed by atoms with Crippen LogP contribution in [-0.4, -0.2) is 91.5 Å². The van der Waals surface area contributed by atoms with Gasteiger partial charge in [0.25, 0.3) is 5.91 Å². The van der Waals surface area contributed by atoms with Gasteiger partial charge < -0.3 is 29.4 Å². The SMILES string of the molecule is CC(C)(C)OC(=O)CC[C@]1(C(=O)NCCN2CCOCC2)N=C(c2ccc(OCCCO)cc2)O[C@H]1c1ccccc1CN=[N+]=[N-]. The summed E-state index contributed by atoms with van der Waals surface area (Å²) in [6, 6.07) is 14.4. The number of rotatable bonds is 15. The second-order valence-electron chi connectivity index (χ2n) is 12.2. The minimum atomic E-state index is -1.54. The summed E-state index contributed by atoms with van der Waals surface area (Å²) < 4.78 is 23.3. The second-order valence-corrected chi connectivity index (χ2v) is 12.2. The highest BCUT2D eigenvalue weighted by Crippen LogP contribution is 2.44. The number of morpholine rings is 1. The van der Waals surface area contributed by atoms with Crippen molar-refractivity contribution >= 4 is 17.8 Å². The van der Waals surface area contributed by atoms with E-state index in [1.165, 1.54) is 0 Å². The predicted molar refractivity (Wildman–Crippen MR) is 171 cm³/mol. The van der Waals surface area contributed by atoms with Gasteiger partial charge in [-0.2, -0.15) is 0 Å². The Morgan fingerprint density at radius 3 is 2.61 bits per heavy atom. The molecule has 2 aromatic rings. The van der Waals surface area contributed by atoms with Crippen molar-refractivity contribution in [3.05, 3.63) is 75.7 Å². The molecule has 2 aromatic carbocycles. The Hall–Kier alpha value is -4.16. The molecule has 2 aliphatic rings. The minimum Gasteiger partial charge on any atom is -0.494 e. The van der Waals surface area contributed by atoms with E-state index >= 15 is 0 Å². The highest BCUT2D eigenvalue weighted by Gasteiger charge is 2.53. The van der Waals surface area contributed by atoms with Crippen molar-refractivity contribution in [3.8, 4) is 5.75 Å². The number of esters is 1. The van der Waals surface area contributed by atoms with Crippen molar-refractivity contribution in [3.63, 3.8) is 0 Å². The summed E-state index contributed by atoms with van der Waals surface area (Å²) in [6.07, 6.45) is -0.493. The number of carbonyl (C=O) groups excluding carboxylic acids is 2. The van der Waals surface area contributed by atoms with Crippen LogP contribution in [-0.2, 0) is 30.3 Å². The van der Waals surface area contributed by atoms with E-state index in [0.29, 0.717) is 61.8 Å². The molecular formula is C33H44N6O7. The van der Waals surface area contributed by atoms with Crippen molar-refractivity contribution in [2.45, 2.75) is 63.8 Å². The van der Waals surface area contributed by atoms with Gasteiger partial charge >= 0.3 is 5.97 Å². The summed E-state index contributed by atoms with van der Waals surface area (Å²) >= 11 is 0. The molecule has 2 N–H and O–H groups in total. The van der Waals surface area contributed by atoms with Crippen LogP contribution in [0.5, 0.6) is 5.75 Å². The maximum Gasteiger partial charge on any atom is 0.306 e. The summed E-state index contributed by atoms with van der Waals surface area (Å²) in [5.41, 5.74) is 8.74. The van der Waals surface area contributed by atoms with Gasteiger partial charge in [-0.25, -0.2) is 4.99 Å². The van der Waals surface area contributed by atoms with Crippen LogP contribution in [0.2, 0.25) is 0 Å². The van der Waals surface area contributed by atoms with Gasteiger partial charge in [-0.05, 0) is 68.1 Å². The molecule has 0 unspecified atom stereocenters. The molecule has 2 heterocycles. The van der Waals surface area contributed by atoms with Gasteiger partial charge in [0, 0.05) is 56.1 Å². The van der Waals surface area contributed by atoms with E-state index in [1.54, 1.807) is 45.0 Å². The van der Waals surface area contributed by atoms with Gasteiger partial charge in [0.05, 0.1) is 26.4 Å². The third kappa shape index (κ3) is 9.43. The van der Waals surface area contributed by atoms with Crippen molar-refractivity contribution in [1.82, 2.24) is 10.2 Å². The van der Waals surface area contributed by atoms with Crippen LogP contribution in [0.1, 0.15) is 62.8 Å². The lowest BCUT2D eigenvalue weighted by Gasteiger charge is -2.32. The molecule has 1 saturated heterocycles. The molecule has 1 amide bonds. The number of ether oxygens (including phenoxy) is 4. The highest BCUT2D eigenvalue weighted by atomic mass is 16.6. The number of hydrogen-bond donors (Lipinski definition) is 2. The van der Waals surface area contributed by atoms with Gasteiger partial charge in [0.1, 0.15) is 11.4 Å². The predicted octanol–water partition coefficient (Wildman–Crippen LogP) is 4.09. The smallest absolute Gasteiger partial charge is 0.306 e. The first-order chi connectivity index (χ1) is 22.1. The number of nitrogens with one attached hydrogen (secondary N) is 1. The number of aliphatic hydroxyl groups is 1. The number of nitrogens with zero attached hydrogens (tertiary/aromatic N) is 5. The van der Waals surface area contributed by atoms with Crippen LogP contribution in [0.25, 0.3) is 10.4 Å². The number of aliphatic hydroxyl groups excluding tert-OH is 1. The molecule has 1 fully saturated rings. The number of aliphatic imine (C=N–C) groups is 1. The molecule has 0 radical (unpaired) electrons. The van der Waals surface area contributed by atoms with Gasteiger partial charge in [-0.3, -0.25) is 14.5 Å². The van der Waals surface area contributed by atoms with E-state index in [1.807, 2.05) is 24.3 Å². The molecule has 0 aliphatic carbocycles. The molecular weight excluding hydrogens is 592 g/mol. The first kappa shape index (κ1) is 34.7. The van der Waals surface area contributed by atoms with E-state index in [0.717, 1.165) is 13.1 Å². The number of hydrogen-bond acceptors (Lipinski definition) is 10. The van der Waals surface area contributed by atoms with Crippen LogP contribution in [0.4, 0.5) is 0 Å². The molecule has 0 bridgehead atoms. The normalized spacial score (nSPS) is 19.8. The van der Waals surface area contributed by atoms with E-state index in [2.05, 4.69) is 20.2 Å². The first-order valence-electron chi connectivity index (χ1n) is 15.6. The number of azide groups is 1. The molecule has 248 valence electrons. The summed E-state index contributed by atoms with van der Waals surface area (Å²) in [6.45, 7) is 9.66. The Morgan fingerprint density at radius 1 is 1.17 bits per heavy atom. The lowest BCUT2D eigenvalue weighted by molar-refractivity contribution is -0.155.